The molecular formula is C26H44O3. The van der Waals surface area contributed by atoms with Gasteiger partial charge in [-0.25, -0.2) is 0 Å². The summed E-state index contributed by atoms with van der Waals surface area (Å²) < 4.78 is 0. The highest BCUT2D eigenvalue weighted by molar-refractivity contribution is 5.22. The molecule has 0 heterocycles. The summed E-state index contributed by atoms with van der Waals surface area (Å²) in [6.45, 7) is 6.27. The SMILES string of the molecule is CC(CCCC(C)(C)O)[C@@H]1CC[C@@]2(CCC/C(=C\C=C3C[C@@H](O)C[C@H](O)C3)C2)C1. The third-order valence-corrected chi connectivity index (χ3v) is 7.90. The molecule has 3 heteroatoms. The molecular weight excluding hydrogens is 360 g/mol. The topological polar surface area (TPSA) is 60.7 Å². The molecule has 3 N–H and O–H groups in total. The number of hydrogen-bond donors (Lipinski definition) is 3. The molecule has 3 aliphatic carbocycles. The van der Waals surface area contributed by atoms with Gasteiger partial charge in [0.25, 0.3) is 0 Å². The van der Waals surface area contributed by atoms with Crippen LogP contribution < -0.4 is 0 Å². The highest BCUT2D eigenvalue weighted by atomic mass is 16.3. The van der Waals surface area contributed by atoms with Crippen LogP contribution in [0.3, 0.4) is 0 Å². The van der Waals surface area contributed by atoms with Crippen molar-refractivity contribution in [2.75, 3.05) is 0 Å². The largest absolute Gasteiger partial charge is 0.393 e. The van der Waals surface area contributed by atoms with E-state index in [1.807, 2.05) is 13.8 Å². The highest BCUT2D eigenvalue weighted by Gasteiger charge is 2.42. The van der Waals surface area contributed by atoms with Gasteiger partial charge in [-0.2, -0.15) is 0 Å². The Labute approximate surface area is 178 Å². The molecule has 29 heavy (non-hydrogen) atoms. The van der Waals surface area contributed by atoms with Gasteiger partial charge in [0.2, 0.25) is 0 Å². The zero-order chi connectivity index (χ0) is 21.1. The summed E-state index contributed by atoms with van der Waals surface area (Å²) in [7, 11) is 0. The van der Waals surface area contributed by atoms with Crippen molar-refractivity contribution < 1.29 is 15.3 Å². The van der Waals surface area contributed by atoms with E-state index in [2.05, 4.69) is 19.1 Å². The average Bonchev–Trinajstić information content (AvgIpc) is 3.01. The van der Waals surface area contributed by atoms with Gasteiger partial charge in [-0.1, -0.05) is 43.1 Å². The molecule has 3 aliphatic rings. The molecule has 0 saturated heterocycles. The maximum atomic E-state index is 9.96. The molecule has 166 valence electrons. The van der Waals surface area contributed by atoms with E-state index in [-0.39, 0.29) is 12.2 Å². The molecule has 0 aliphatic heterocycles. The summed E-state index contributed by atoms with van der Waals surface area (Å²) in [4.78, 5) is 0. The number of aliphatic hydroxyl groups is 3. The molecule has 3 nitrogen and oxygen atoms in total. The lowest BCUT2D eigenvalue weighted by atomic mass is 9.69. The normalized spacial score (nSPS) is 36.0. The smallest absolute Gasteiger partial charge is 0.0602 e. The van der Waals surface area contributed by atoms with Crippen LogP contribution in [0.4, 0.5) is 0 Å². The predicted molar refractivity (Wildman–Crippen MR) is 120 cm³/mol. The van der Waals surface area contributed by atoms with Crippen LogP contribution in [0.2, 0.25) is 0 Å². The maximum Gasteiger partial charge on any atom is 0.0602 e. The maximum absolute atomic E-state index is 9.96. The Balaban J connectivity index is 1.53. The van der Waals surface area contributed by atoms with Crippen molar-refractivity contribution in [3.05, 3.63) is 23.3 Å². The first-order valence-corrected chi connectivity index (χ1v) is 12.1. The second kappa shape index (κ2) is 9.66. The van der Waals surface area contributed by atoms with Gasteiger partial charge in [0.1, 0.15) is 0 Å². The third-order valence-electron chi connectivity index (χ3n) is 7.90. The van der Waals surface area contributed by atoms with Crippen molar-refractivity contribution in [1.82, 2.24) is 0 Å². The van der Waals surface area contributed by atoms with Gasteiger partial charge < -0.3 is 15.3 Å². The molecule has 1 spiro atoms. The van der Waals surface area contributed by atoms with Gasteiger partial charge in [0.15, 0.2) is 0 Å². The lowest BCUT2D eigenvalue weighted by Gasteiger charge is -2.36. The molecule has 0 aromatic rings. The van der Waals surface area contributed by atoms with Crippen molar-refractivity contribution >= 4 is 0 Å². The summed E-state index contributed by atoms with van der Waals surface area (Å²) in [5, 5.41) is 29.8. The number of allylic oxidation sites excluding steroid dienone is 3. The van der Waals surface area contributed by atoms with Crippen LogP contribution in [-0.4, -0.2) is 33.1 Å². The minimum atomic E-state index is -0.529. The lowest BCUT2D eigenvalue weighted by molar-refractivity contribution is 0.0609. The number of rotatable bonds is 6. The molecule has 5 atom stereocenters. The average molecular weight is 405 g/mol. The minimum Gasteiger partial charge on any atom is -0.393 e. The Bertz CT molecular complexity index is 588. The van der Waals surface area contributed by atoms with E-state index in [1.165, 1.54) is 56.9 Å². The van der Waals surface area contributed by atoms with Gasteiger partial charge in [-0.05, 0) is 102 Å². The van der Waals surface area contributed by atoms with Crippen LogP contribution in [0.25, 0.3) is 0 Å². The lowest BCUT2D eigenvalue weighted by Crippen LogP contribution is -2.25. The second-order valence-electron chi connectivity index (χ2n) is 11.3. The first kappa shape index (κ1) is 23.0. The molecule has 0 aromatic carbocycles. The molecule has 0 bridgehead atoms. The van der Waals surface area contributed by atoms with Crippen molar-refractivity contribution in [3.63, 3.8) is 0 Å². The second-order valence-corrected chi connectivity index (χ2v) is 11.3. The van der Waals surface area contributed by atoms with E-state index in [4.69, 9.17) is 0 Å². The van der Waals surface area contributed by atoms with Crippen LogP contribution in [0.5, 0.6) is 0 Å². The van der Waals surface area contributed by atoms with Crippen LogP contribution in [0, 0.1) is 17.3 Å². The third kappa shape index (κ3) is 6.94. The zero-order valence-corrected chi connectivity index (χ0v) is 19.0. The van der Waals surface area contributed by atoms with Crippen molar-refractivity contribution in [1.29, 1.82) is 0 Å². The Morgan fingerprint density at radius 2 is 1.79 bits per heavy atom. The first-order chi connectivity index (χ1) is 13.6. The van der Waals surface area contributed by atoms with Crippen LogP contribution in [0.1, 0.15) is 104 Å². The van der Waals surface area contributed by atoms with Gasteiger partial charge in [-0.15, -0.1) is 0 Å². The van der Waals surface area contributed by atoms with Gasteiger partial charge in [0.05, 0.1) is 17.8 Å². The standard InChI is InChI=1S/C26H44O3/c1-19(6-4-11-25(2,3)29)22-10-13-26(18-22)12-5-7-20(17-26)8-9-21-14-23(27)16-24(28)15-21/h8-9,19,22-24,27-29H,4-7,10-18H2,1-3H3/b20-8+/t19?,22-,23-,24-,26-/m1/s1. The molecule has 3 fully saturated rings. The molecule has 0 amide bonds. The fourth-order valence-electron chi connectivity index (χ4n) is 6.25. The van der Waals surface area contributed by atoms with E-state index in [0.29, 0.717) is 11.8 Å². The Hall–Kier alpha value is -0.640. The van der Waals surface area contributed by atoms with Gasteiger partial charge in [-0.3, -0.25) is 0 Å². The molecule has 0 aromatic heterocycles. The summed E-state index contributed by atoms with van der Waals surface area (Å²) in [5.41, 5.74) is 2.77. The zero-order valence-electron chi connectivity index (χ0n) is 19.0. The van der Waals surface area contributed by atoms with Crippen molar-refractivity contribution in [2.45, 2.75) is 122 Å². The molecule has 3 rings (SSSR count). The van der Waals surface area contributed by atoms with E-state index in [0.717, 1.165) is 37.5 Å². The number of aliphatic hydroxyl groups excluding tert-OH is 2. The van der Waals surface area contributed by atoms with Crippen molar-refractivity contribution in [2.24, 2.45) is 17.3 Å². The molecule has 0 radical (unpaired) electrons. The first-order valence-electron chi connectivity index (χ1n) is 12.1. The summed E-state index contributed by atoms with van der Waals surface area (Å²) in [6, 6.07) is 0. The van der Waals surface area contributed by atoms with Gasteiger partial charge >= 0.3 is 0 Å². The summed E-state index contributed by atoms with van der Waals surface area (Å²) in [6.07, 6.45) is 18.3. The monoisotopic (exact) mass is 404 g/mol. The Morgan fingerprint density at radius 3 is 2.48 bits per heavy atom. The van der Waals surface area contributed by atoms with E-state index >= 15 is 0 Å². The summed E-state index contributed by atoms with van der Waals surface area (Å²) in [5.74, 6) is 1.61. The summed E-state index contributed by atoms with van der Waals surface area (Å²) >= 11 is 0. The Kier molecular flexibility index (Phi) is 7.67. The van der Waals surface area contributed by atoms with E-state index in [1.54, 1.807) is 5.57 Å². The molecule has 1 unspecified atom stereocenters. The van der Waals surface area contributed by atoms with Crippen LogP contribution in [-0.2, 0) is 0 Å². The fraction of sp³-hybridized carbons (Fsp3) is 0.846. The highest BCUT2D eigenvalue weighted by Crippen LogP contribution is 2.54. The fourth-order valence-corrected chi connectivity index (χ4v) is 6.25. The van der Waals surface area contributed by atoms with Crippen LogP contribution >= 0.6 is 0 Å². The van der Waals surface area contributed by atoms with E-state index in [9.17, 15) is 15.3 Å². The van der Waals surface area contributed by atoms with Gasteiger partial charge in [0, 0.05) is 0 Å². The Morgan fingerprint density at radius 1 is 1.10 bits per heavy atom. The quantitative estimate of drug-likeness (QED) is 0.533. The number of hydrogen-bond acceptors (Lipinski definition) is 3. The molecule has 3 saturated carbocycles. The van der Waals surface area contributed by atoms with Crippen LogP contribution in [0.15, 0.2) is 23.3 Å². The predicted octanol–water partition coefficient (Wildman–Crippen LogP) is 5.68. The minimum absolute atomic E-state index is 0.380. The van der Waals surface area contributed by atoms with Crippen molar-refractivity contribution in [3.8, 4) is 0 Å². The van der Waals surface area contributed by atoms with E-state index < -0.39 is 5.60 Å².